The number of non-ortho nitro benzene ring substituents is 1. The van der Waals surface area contributed by atoms with Gasteiger partial charge < -0.3 is 5.32 Å². The van der Waals surface area contributed by atoms with Crippen LogP contribution in [0.4, 0.5) is 5.69 Å². The monoisotopic (exact) mass is 266 g/mol. The van der Waals surface area contributed by atoms with E-state index in [9.17, 15) is 14.9 Å². The predicted octanol–water partition coefficient (Wildman–Crippen LogP) is 2.39. The number of rotatable bonds is 3. The van der Waals surface area contributed by atoms with Crippen molar-refractivity contribution in [3.8, 4) is 12.3 Å². The highest BCUT2D eigenvalue weighted by molar-refractivity contribution is 6.31. The van der Waals surface area contributed by atoms with Gasteiger partial charge in [-0.15, -0.1) is 6.42 Å². The number of nitro benzene ring substituents is 1. The first-order chi connectivity index (χ1) is 8.25. The molecule has 0 radical (unpaired) electrons. The maximum absolute atomic E-state index is 11.9. The van der Waals surface area contributed by atoms with E-state index in [4.69, 9.17) is 18.0 Å². The normalized spacial score (nSPS) is 10.6. The van der Waals surface area contributed by atoms with Crippen LogP contribution in [0.3, 0.4) is 0 Å². The molecule has 0 heterocycles. The van der Waals surface area contributed by atoms with Crippen molar-refractivity contribution in [2.24, 2.45) is 0 Å². The maximum atomic E-state index is 11.9. The molecule has 0 aliphatic heterocycles. The molecule has 94 valence electrons. The molecule has 5 nitrogen and oxygen atoms in total. The Labute approximate surface area is 109 Å². The summed E-state index contributed by atoms with van der Waals surface area (Å²) in [7, 11) is 0. The Morgan fingerprint density at radius 2 is 2.11 bits per heavy atom. The van der Waals surface area contributed by atoms with Gasteiger partial charge in [0, 0.05) is 22.7 Å². The quantitative estimate of drug-likeness (QED) is 0.519. The summed E-state index contributed by atoms with van der Waals surface area (Å²) in [6, 6.07) is 3.66. The Morgan fingerprint density at radius 1 is 1.50 bits per heavy atom. The Morgan fingerprint density at radius 3 is 2.61 bits per heavy atom. The molecule has 1 aromatic rings. The third kappa shape index (κ3) is 3.47. The van der Waals surface area contributed by atoms with Gasteiger partial charge in [0.2, 0.25) is 0 Å². The lowest BCUT2D eigenvalue weighted by molar-refractivity contribution is -0.384. The van der Waals surface area contributed by atoms with Crippen molar-refractivity contribution in [3.05, 3.63) is 38.9 Å². The number of terminal acetylenes is 1. The molecule has 1 aromatic carbocycles. The minimum Gasteiger partial charge on any atom is -0.336 e. The van der Waals surface area contributed by atoms with Crippen molar-refractivity contribution < 1.29 is 9.72 Å². The van der Waals surface area contributed by atoms with Gasteiger partial charge in [-0.1, -0.05) is 17.5 Å². The van der Waals surface area contributed by atoms with Crippen LogP contribution in [-0.2, 0) is 0 Å². The van der Waals surface area contributed by atoms with Crippen molar-refractivity contribution in [1.82, 2.24) is 5.32 Å². The number of amides is 1. The molecule has 0 atom stereocenters. The summed E-state index contributed by atoms with van der Waals surface area (Å²) >= 11 is 5.72. The second-order valence-electron chi connectivity index (χ2n) is 4.18. The molecule has 0 aromatic heterocycles. The van der Waals surface area contributed by atoms with Crippen LogP contribution in [-0.4, -0.2) is 16.4 Å². The smallest absolute Gasteiger partial charge is 0.271 e. The first-order valence-electron chi connectivity index (χ1n) is 5.00. The number of nitrogens with zero attached hydrogens (tertiary/aromatic N) is 1. The van der Waals surface area contributed by atoms with Gasteiger partial charge in [-0.2, -0.15) is 0 Å². The summed E-state index contributed by atoms with van der Waals surface area (Å²) in [6.45, 7) is 3.29. The van der Waals surface area contributed by atoms with Gasteiger partial charge in [-0.05, 0) is 19.9 Å². The van der Waals surface area contributed by atoms with E-state index >= 15 is 0 Å². The summed E-state index contributed by atoms with van der Waals surface area (Å²) in [5, 5.41) is 13.3. The summed E-state index contributed by atoms with van der Waals surface area (Å²) in [5.41, 5.74) is -0.988. The van der Waals surface area contributed by atoms with Crippen LogP contribution >= 0.6 is 11.6 Å². The molecule has 0 bridgehead atoms. The van der Waals surface area contributed by atoms with Gasteiger partial charge in [0.1, 0.15) is 0 Å². The molecule has 0 saturated carbocycles. The highest BCUT2D eigenvalue weighted by Crippen LogP contribution is 2.21. The average molecular weight is 267 g/mol. The summed E-state index contributed by atoms with van der Waals surface area (Å²) in [6.07, 6.45) is 5.24. The Hall–Kier alpha value is -2.06. The molecule has 0 saturated heterocycles. The van der Waals surface area contributed by atoms with Crippen LogP contribution in [0, 0.1) is 22.5 Å². The van der Waals surface area contributed by atoms with Gasteiger partial charge in [-0.25, -0.2) is 0 Å². The van der Waals surface area contributed by atoms with Crippen molar-refractivity contribution >= 4 is 23.2 Å². The van der Waals surface area contributed by atoms with Gasteiger partial charge in [0.25, 0.3) is 11.6 Å². The third-order valence-corrected chi connectivity index (χ3v) is 2.36. The molecule has 0 spiro atoms. The van der Waals surface area contributed by atoms with E-state index in [-0.39, 0.29) is 16.3 Å². The van der Waals surface area contributed by atoms with Crippen molar-refractivity contribution in [3.63, 3.8) is 0 Å². The van der Waals surface area contributed by atoms with Crippen molar-refractivity contribution in [2.45, 2.75) is 19.4 Å². The first kappa shape index (κ1) is 14.0. The first-order valence-corrected chi connectivity index (χ1v) is 5.38. The number of halogens is 1. The van der Waals surface area contributed by atoms with Crippen LogP contribution in [0.5, 0.6) is 0 Å². The SMILES string of the molecule is C#CC(C)(C)NC(=O)c1cc(Cl)cc([N+](=O)[O-])c1. The minimum atomic E-state index is -0.839. The van der Waals surface area contributed by atoms with E-state index in [0.717, 1.165) is 6.07 Å². The number of hydrogen-bond acceptors (Lipinski definition) is 3. The van der Waals surface area contributed by atoms with E-state index in [2.05, 4.69) is 11.2 Å². The van der Waals surface area contributed by atoms with E-state index < -0.39 is 16.4 Å². The maximum Gasteiger partial charge on any atom is 0.271 e. The van der Waals surface area contributed by atoms with Gasteiger partial charge in [0.15, 0.2) is 0 Å². The number of nitrogens with one attached hydrogen (secondary N) is 1. The Balaban J connectivity index is 3.08. The summed E-state index contributed by atoms with van der Waals surface area (Å²) in [5.74, 6) is 1.88. The second-order valence-corrected chi connectivity index (χ2v) is 4.62. The van der Waals surface area contributed by atoms with Gasteiger partial charge in [0.05, 0.1) is 10.5 Å². The minimum absolute atomic E-state index is 0.0949. The van der Waals surface area contributed by atoms with Crippen molar-refractivity contribution in [1.29, 1.82) is 0 Å². The molecule has 18 heavy (non-hydrogen) atoms. The molecule has 0 aliphatic carbocycles. The zero-order valence-corrected chi connectivity index (χ0v) is 10.6. The molecule has 6 heteroatoms. The predicted molar refractivity (Wildman–Crippen MR) is 68.5 cm³/mol. The number of nitro groups is 1. The molecule has 1 rings (SSSR count). The molecule has 0 unspecified atom stereocenters. The Bertz CT molecular complexity index is 547. The zero-order chi connectivity index (χ0) is 13.9. The zero-order valence-electron chi connectivity index (χ0n) is 9.86. The molecule has 0 fully saturated rings. The van der Waals surface area contributed by atoms with Gasteiger partial charge in [-0.3, -0.25) is 14.9 Å². The summed E-state index contributed by atoms with van der Waals surface area (Å²) in [4.78, 5) is 21.9. The fourth-order valence-electron chi connectivity index (χ4n) is 1.20. The van der Waals surface area contributed by atoms with Crippen LogP contribution in [0.15, 0.2) is 18.2 Å². The van der Waals surface area contributed by atoms with Crippen LogP contribution in [0.25, 0.3) is 0 Å². The lowest BCUT2D eigenvalue weighted by Crippen LogP contribution is -2.42. The molecule has 1 amide bonds. The molecular weight excluding hydrogens is 256 g/mol. The van der Waals surface area contributed by atoms with Crippen molar-refractivity contribution in [2.75, 3.05) is 0 Å². The molecule has 0 aliphatic rings. The number of hydrogen-bond donors (Lipinski definition) is 1. The number of carbonyl (C=O) groups is 1. The average Bonchev–Trinajstić information content (AvgIpc) is 2.27. The standard InChI is InChI=1S/C12H11ClN2O3/c1-4-12(2,3)14-11(16)8-5-9(13)7-10(6-8)15(17)18/h1,5-7H,2-3H3,(H,14,16). The third-order valence-electron chi connectivity index (χ3n) is 2.14. The summed E-state index contributed by atoms with van der Waals surface area (Å²) < 4.78 is 0. The molecule has 1 N–H and O–H groups in total. The number of carbonyl (C=O) groups excluding carboxylic acids is 1. The lowest BCUT2D eigenvalue weighted by Gasteiger charge is -2.19. The fourth-order valence-corrected chi connectivity index (χ4v) is 1.43. The van der Waals surface area contributed by atoms with E-state index in [0.29, 0.717) is 0 Å². The van der Waals surface area contributed by atoms with Crippen LogP contribution in [0.1, 0.15) is 24.2 Å². The lowest BCUT2D eigenvalue weighted by atomic mass is 10.1. The Kier molecular flexibility index (Phi) is 3.94. The number of benzene rings is 1. The molecular formula is C12H11ClN2O3. The second kappa shape index (κ2) is 5.07. The van der Waals surface area contributed by atoms with Crippen LogP contribution in [0.2, 0.25) is 5.02 Å². The largest absolute Gasteiger partial charge is 0.336 e. The van der Waals surface area contributed by atoms with E-state index in [1.54, 1.807) is 13.8 Å². The van der Waals surface area contributed by atoms with Gasteiger partial charge >= 0.3 is 0 Å². The van der Waals surface area contributed by atoms with E-state index in [1.165, 1.54) is 12.1 Å². The topological polar surface area (TPSA) is 72.2 Å². The highest BCUT2D eigenvalue weighted by atomic mass is 35.5. The van der Waals surface area contributed by atoms with E-state index in [1.807, 2.05) is 0 Å². The highest BCUT2D eigenvalue weighted by Gasteiger charge is 2.20. The van der Waals surface area contributed by atoms with Crippen LogP contribution < -0.4 is 5.32 Å². The fraction of sp³-hybridized carbons (Fsp3) is 0.250.